The van der Waals surface area contributed by atoms with Crippen LogP contribution in [0.3, 0.4) is 0 Å². The van der Waals surface area contributed by atoms with Crippen molar-refractivity contribution in [3.8, 4) is 11.8 Å². The van der Waals surface area contributed by atoms with E-state index in [4.69, 9.17) is 9.47 Å². The lowest BCUT2D eigenvalue weighted by molar-refractivity contribution is 0.357. The SMILES string of the molecule is COc1ncnc(OC)c1CN[C@@H](C)c1ccc(Br)cc1. The van der Waals surface area contributed by atoms with Gasteiger partial charge in [-0.15, -0.1) is 0 Å². The molecule has 1 aromatic heterocycles. The summed E-state index contributed by atoms with van der Waals surface area (Å²) in [7, 11) is 3.17. The highest BCUT2D eigenvalue weighted by Gasteiger charge is 2.14. The standard InChI is InChI=1S/C15H18BrN3O2/c1-10(11-4-6-12(16)7-5-11)17-8-13-14(20-2)18-9-19-15(13)21-3/h4-7,9-10,17H,8H2,1-3H3/t10-/m0/s1. The van der Waals surface area contributed by atoms with Crippen LogP contribution in [0, 0.1) is 0 Å². The van der Waals surface area contributed by atoms with E-state index in [9.17, 15) is 0 Å². The average Bonchev–Trinajstić information content (AvgIpc) is 2.52. The molecule has 2 rings (SSSR count). The van der Waals surface area contributed by atoms with Crippen molar-refractivity contribution in [1.29, 1.82) is 0 Å². The van der Waals surface area contributed by atoms with Crippen LogP contribution in [0.2, 0.25) is 0 Å². The van der Waals surface area contributed by atoms with E-state index in [0.29, 0.717) is 18.3 Å². The maximum atomic E-state index is 5.26. The maximum absolute atomic E-state index is 5.26. The van der Waals surface area contributed by atoms with Crippen LogP contribution in [0.1, 0.15) is 24.1 Å². The zero-order chi connectivity index (χ0) is 15.2. The first-order valence-corrected chi connectivity index (χ1v) is 7.35. The molecule has 1 heterocycles. The molecule has 21 heavy (non-hydrogen) atoms. The summed E-state index contributed by atoms with van der Waals surface area (Å²) in [4.78, 5) is 8.22. The molecule has 0 aliphatic heterocycles. The van der Waals surface area contributed by atoms with Gasteiger partial charge in [0, 0.05) is 17.1 Å². The molecule has 0 spiro atoms. The normalized spacial score (nSPS) is 12.0. The zero-order valence-corrected chi connectivity index (χ0v) is 13.8. The Labute approximate surface area is 132 Å². The number of ether oxygens (including phenoxy) is 2. The molecule has 1 aromatic carbocycles. The lowest BCUT2D eigenvalue weighted by Gasteiger charge is -2.16. The molecule has 5 nitrogen and oxygen atoms in total. The van der Waals surface area contributed by atoms with Gasteiger partial charge < -0.3 is 14.8 Å². The minimum absolute atomic E-state index is 0.188. The Kier molecular flexibility index (Phi) is 5.52. The van der Waals surface area contributed by atoms with Gasteiger partial charge in [0.25, 0.3) is 0 Å². The molecule has 0 unspecified atom stereocenters. The number of hydrogen-bond acceptors (Lipinski definition) is 5. The molecule has 6 heteroatoms. The molecule has 0 fully saturated rings. The highest BCUT2D eigenvalue weighted by Crippen LogP contribution is 2.24. The number of hydrogen-bond donors (Lipinski definition) is 1. The molecule has 0 saturated carbocycles. The number of nitrogens with one attached hydrogen (secondary N) is 1. The second kappa shape index (κ2) is 7.38. The molecule has 1 atom stereocenters. The topological polar surface area (TPSA) is 56.3 Å². The van der Waals surface area contributed by atoms with Crippen LogP contribution in [0.5, 0.6) is 11.8 Å². The summed E-state index contributed by atoms with van der Waals surface area (Å²) in [6, 6.07) is 8.41. The van der Waals surface area contributed by atoms with E-state index >= 15 is 0 Å². The van der Waals surface area contributed by atoms with E-state index in [-0.39, 0.29) is 6.04 Å². The van der Waals surface area contributed by atoms with Gasteiger partial charge in [-0.1, -0.05) is 28.1 Å². The van der Waals surface area contributed by atoms with Crippen LogP contribution in [0.15, 0.2) is 35.1 Å². The Hall–Kier alpha value is -1.66. The highest BCUT2D eigenvalue weighted by atomic mass is 79.9. The van der Waals surface area contributed by atoms with Crippen molar-refractivity contribution in [3.63, 3.8) is 0 Å². The molecule has 0 bridgehead atoms. The highest BCUT2D eigenvalue weighted by molar-refractivity contribution is 9.10. The third-order valence-corrected chi connectivity index (χ3v) is 3.74. The molecule has 0 amide bonds. The number of rotatable bonds is 6. The fourth-order valence-electron chi connectivity index (χ4n) is 2.01. The molecule has 2 aromatic rings. The predicted molar refractivity (Wildman–Crippen MR) is 84.5 cm³/mol. The van der Waals surface area contributed by atoms with E-state index in [1.54, 1.807) is 14.2 Å². The Morgan fingerprint density at radius 3 is 2.19 bits per heavy atom. The van der Waals surface area contributed by atoms with Crippen molar-refractivity contribution in [2.24, 2.45) is 0 Å². The second-order valence-corrected chi connectivity index (χ2v) is 5.44. The van der Waals surface area contributed by atoms with Crippen LogP contribution < -0.4 is 14.8 Å². The van der Waals surface area contributed by atoms with E-state index in [1.165, 1.54) is 11.9 Å². The molecule has 0 aliphatic carbocycles. The third-order valence-electron chi connectivity index (χ3n) is 3.21. The van der Waals surface area contributed by atoms with Gasteiger partial charge in [0.05, 0.1) is 19.8 Å². The third kappa shape index (κ3) is 3.92. The summed E-state index contributed by atoms with van der Waals surface area (Å²) < 4.78 is 11.6. The summed E-state index contributed by atoms with van der Waals surface area (Å²) in [5.41, 5.74) is 2.01. The number of halogens is 1. The largest absolute Gasteiger partial charge is 0.481 e. The van der Waals surface area contributed by atoms with Gasteiger partial charge in [-0.05, 0) is 24.6 Å². The second-order valence-electron chi connectivity index (χ2n) is 4.52. The average molecular weight is 352 g/mol. The van der Waals surface area contributed by atoms with Crippen molar-refractivity contribution in [2.45, 2.75) is 19.5 Å². The van der Waals surface area contributed by atoms with Gasteiger partial charge in [-0.3, -0.25) is 0 Å². The lowest BCUT2D eigenvalue weighted by Crippen LogP contribution is -2.19. The van der Waals surface area contributed by atoms with Crippen LogP contribution in [-0.4, -0.2) is 24.2 Å². The summed E-state index contributed by atoms with van der Waals surface area (Å²) in [5.74, 6) is 1.05. The minimum Gasteiger partial charge on any atom is -0.481 e. The first kappa shape index (κ1) is 15.7. The van der Waals surface area contributed by atoms with Crippen molar-refractivity contribution in [2.75, 3.05) is 14.2 Å². The van der Waals surface area contributed by atoms with Gasteiger partial charge in [-0.25, -0.2) is 9.97 Å². The number of aromatic nitrogens is 2. The molecular formula is C15H18BrN3O2. The molecule has 0 saturated heterocycles. The van der Waals surface area contributed by atoms with Crippen LogP contribution >= 0.6 is 15.9 Å². The van der Waals surface area contributed by atoms with Gasteiger partial charge in [0.15, 0.2) is 0 Å². The lowest BCUT2D eigenvalue weighted by atomic mass is 10.1. The summed E-state index contributed by atoms with van der Waals surface area (Å²) >= 11 is 3.44. The van der Waals surface area contributed by atoms with E-state index in [2.05, 4.69) is 50.3 Å². The Morgan fingerprint density at radius 1 is 1.10 bits per heavy atom. The number of benzene rings is 1. The maximum Gasteiger partial charge on any atom is 0.224 e. The van der Waals surface area contributed by atoms with Gasteiger partial charge in [-0.2, -0.15) is 0 Å². The summed E-state index contributed by atoms with van der Waals surface area (Å²) in [6.07, 6.45) is 1.43. The number of methoxy groups -OCH3 is 2. The quantitative estimate of drug-likeness (QED) is 0.866. The molecular weight excluding hydrogens is 334 g/mol. The van der Waals surface area contributed by atoms with Crippen molar-refractivity contribution >= 4 is 15.9 Å². The van der Waals surface area contributed by atoms with Crippen LogP contribution in [0.4, 0.5) is 0 Å². The summed E-state index contributed by atoms with van der Waals surface area (Å²) in [6.45, 7) is 2.66. The fourth-order valence-corrected chi connectivity index (χ4v) is 2.27. The Balaban J connectivity index is 2.10. The smallest absolute Gasteiger partial charge is 0.224 e. The Morgan fingerprint density at radius 2 is 1.67 bits per heavy atom. The molecule has 0 aliphatic rings. The van der Waals surface area contributed by atoms with Crippen molar-refractivity contribution in [3.05, 3.63) is 46.2 Å². The van der Waals surface area contributed by atoms with Crippen LogP contribution in [0.25, 0.3) is 0 Å². The molecule has 112 valence electrons. The van der Waals surface area contributed by atoms with E-state index < -0.39 is 0 Å². The predicted octanol–water partition coefficient (Wildman–Crippen LogP) is 3.11. The number of nitrogens with zero attached hydrogens (tertiary/aromatic N) is 2. The zero-order valence-electron chi connectivity index (χ0n) is 12.3. The first-order valence-electron chi connectivity index (χ1n) is 6.56. The van der Waals surface area contributed by atoms with Gasteiger partial charge in [0.2, 0.25) is 11.8 Å². The van der Waals surface area contributed by atoms with E-state index in [0.717, 1.165) is 10.0 Å². The monoisotopic (exact) mass is 351 g/mol. The van der Waals surface area contributed by atoms with Crippen molar-refractivity contribution < 1.29 is 9.47 Å². The van der Waals surface area contributed by atoms with E-state index in [1.807, 2.05) is 12.1 Å². The van der Waals surface area contributed by atoms with Gasteiger partial charge in [0.1, 0.15) is 6.33 Å². The minimum atomic E-state index is 0.188. The van der Waals surface area contributed by atoms with Crippen molar-refractivity contribution in [1.82, 2.24) is 15.3 Å². The molecule has 1 N–H and O–H groups in total. The molecule has 0 radical (unpaired) electrons. The van der Waals surface area contributed by atoms with Gasteiger partial charge >= 0.3 is 0 Å². The Bertz CT molecular complexity index is 568. The van der Waals surface area contributed by atoms with Crippen LogP contribution in [-0.2, 0) is 6.54 Å². The summed E-state index contributed by atoms with van der Waals surface area (Å²) in [5, 5.41) is 3.43. The fraction of sp³-hybridized carbons (Fsp3) is 0.333. The first-order chi connectivity index (χ1) is 10.2.